The van der Waals surface area contributed by atoms with Crippen LogP contribution in [-0.4, -0.2) is 21.1 Å². The highest BCUT2D eigenvalue weighted by Gasteiger charge is 2.13. The molecule has 0 saturated heterocycles. The summed E-state index contributed by atoms with van der Waals surface area (Å²) in [6.45, 7) is 0. The molecule has 0 unspecified atom stereocenters. The summed E-state index contributed by atoms with van der Waals surface area (Å²) in [5.74, 6) is 0.554. The molecule has 0 spiro atoms. The molecule has 1 heterocycles. The summed E-state index contributed by atoms with van der Waals surface area (Å²) in [5, 5.41) is 6.98. The number of nitrogens with one attached hydrogen (secondary N) is 2. The number of nitrogens with zero attached hydrogens (tertiary/aromatic N) is 2. The van der Waals surface area contributed by atoms with Gasteiger partial charge in [-0.2, -0.15) is 0 Å². The number of aromatic nitrogens is 2. The van der Waals surface area contributed by atoms with Crippen LogP contribution in [0.25, 0.3) is 0 Å². The Balaban J connectivity index is 1.80. The zero-order valence-electron chi connectivity index (χ0n) is 9.85. The van der Waals surface area contributed by atoms with Crippen LogP contribution in [0, 0.1) is 0 Å². The van der Waals surface area contributed by atoms with E-state index in [1.165, 1.54) is 38.5 Å². The molecule has 1 aliphatic carbocycles. The van der Waals surface area contributed by atoms with Crippen LogP contribution in [-0.2, 0) is 0 Å². The van der Waals surface area contributed by atoms with Gasteiger partial charge in [0, 0.05) is 18.4 Å². The van der Waals surface area contributed by atoms with E-state index in [4.69, 9.17) is 12.2 Å². The van der Waals surface area contributed by atoms with Crippen molar-refractivity contribution in [3.63, 3.8) is 0 Å². The molecule has 1 fully saturated rings. The minimum atomic E-state index is 0.501. The topological polar surface area (TPSA) is 49.8 Å². The van der Waals surface area contributed by atoms with Crippen molar-refractivity contribution in [3.8, 4) is 0 Å². The van der Waals surface area contributed by atoms with E-state index in [1.54, 1.807) is 18.5 Å². The molecule has 0 aromatic carbocycles. The molecule has 1 aromatic heterocycles. The van der Waals surface area contributed by atoms with Gasteiger partial charge in [0.1, 0.15) is 0 Å². The molecule has 0 aliphatic heterocycles. The molecule has 0 radical (unpaired) electrons. The Morgan fingerprint density at radius 1 is 1.12 bits per heavy atom. The number of hydrogen-bond donors (Lipinski definition) is 2. The number of anilines is 1. The van der Waals surface area contributed by atoms with Crippen LogP contribution in [0.15, 0.2) is 18.5 Å². The van der Waals surface area contributed by atoms with Crippen LogP contribution >= 0.6 is 12.2 Å². The van der Waals surface area contributed by atoms with Crippen molar-refractivity contribution in [1.82, 2.24) is 15.3 Å². The second kappa shape index (κ2) is 6.49. The fraction of sp³-hybridized carbons (Fsp3) is 0.583. The maximum absolute atomic E-state index is 5.26. The van der Waals surface area contributed by atoms with Crippen molar-refractivity contribution in [2.45, 2.75) is 44.6 Å². The lowest BCUT2D eigenvalue weighted by Crippen LogP contribution is -2.37. The molecule has 4 nitrogen and oxygen atoms in total. The van der Waals surface area contributed by atoms with Crippen molar-refractivity contribution in [2.75, 3.05) is 5.32 Å². The summed E-state index contributed by atoms with van der Waals surface area (Å²) in [5.41, 5.74) is 0. The molecular weight excluding hydrogens is 232 g/mol. The van der Waals surface area contributed by atoms with E-state index in [9.17, 15) is 0 Å². The largest absolute Gasteiger partial charge is 0.360 e. The lowest BCUT2D eigenvalue weighted by molar-refractivity contribution is 0.535. The molecule has 0 bridgehead atoms. The maximum atomic E-state index is 5.26. The monoisotopic (exact) mass is 250 g/mol. The Morgan fingerprint density at radius 2 is 1.76 bits per heavy atom. The summed E-state index contributed by atoms with van der Waals surface area (Å²) in [6.07, 6.45) is 11.1. The van der Waals surface area contributed by atoms with E-state index >= 15 is 0 Å². The zero-order chi connectivity index (χ0) is 11.9. The first-order valence-electron chi connectivity index (χ1n) is 6.19. The van der Waals surface area contributed by atoms with Crippen molar-refractivity contribution in [3.05, 3.63) is 18.5 Å². The smallest absolute Gasteiger partial charge is 0.228 e. The highest BCUT2D eigenvalue weighted by molar-refractivity contribution is 7.80. The van der Waals surface area contributed by atoms with Gasteiger partial charge in [0.15, 0.2) is 5.11 Å². The summed E-state index contributed by atoms with van der Waals surface area (Å²) in [4.78, 5) is 8.16. The predicted molar refractivity (Wildman–Crippen MR) is 72.9 cm³/mol. The molecule has 1 aliphatic rings. The van der Waals surface area contributed by atoms with E-state index in [0.29, 0.717) is 17.1 Å². The molecule has 1 aromatic rings. The van der Waals surface area contributed by atoms with Crippen LogP contribution in [0.3, 0.4) is 0 Å². The molecule has 5 heteroatoms. The second-order valence-corrected chi connectivity index (χ2v) is 4.77. The van der Waals surface area contributed by atoms with Gasteiger partial charge in [-0.15, -0.1) is 0 Å². The third-order valence-electron chi connectivity index (χ3n) is 2.98. The SMILES string of the molecule is S=C(Nc1ncccn1)NC1CCCCCC1. The Bertz CT molecular complexity index is 347. The summed E-state index contributed by atoms with van der Waals surface area (Å²) in [7, 11) is 0. The van der Waals surface area contributed by atoms with Gasteiger partial charge in [0.2, 0.25) is 5.95 Å². The molecule has 92 valence electrons. The van der Waals surface area contributed by atoms with Crippen molar-refractivity contribution < 1.29 is 0 Å². The van der Waals surface area contributed by atoms with E-state index in [2.05, 4.69) is 20.6 Å². The predicted octanol–water partition coefficient (Wildman–Crippen LogP) is 2.49. The van der Waals surface area contributed by atoms with Gasteiger partial charge in [-0.05, 0) is 31.1 Å². The van der Waals surface area contributed by atoms with Gasteiger partial charge < -0.3 is 10.6 Å². The number of hydrogen-bond acceptors (Lipinski definition) is 3. The van der Waals surface area contributed by atoms with Crippen molar-refractivity contribution in [1.29, 1.82) is 0 Å². The van der Waals surface area contributed by atoms with Crippen molar-refractivity contribution in [2.24, 2.45) is 0 Å². The summed E-state index contributed by atoms with van der Waals surface area (Å²) < 4.78 is 0. The highest BCUT2D eigenvalue weighted by atomic mass is 32.1. The van der Waals surface area contributed by atoms with Gasteiger partial charge in [0.25, 0.3) is 0 Å². The Labute approximate surface area is 107 Å². The van der Waals surface area contributed by atoms with Crippen LogP contribution in [0.2, 0.25) is 0 Å². The standard InChI is InChI=1S/C12H18N4S/c17-12(16-11-13-8-5-9-14-11)15-10-6-3-1-2-4-7-10/h5,8-10H,1-4,6-7H2,(H2,13,14,15,16,17). The minimum Gasteiger partial charge on any atom is -0.360 e. The maximum Gasteiger partial charge on any atom is 0.228 e. The van der Waals surface area contributed by atoms with E-state index < -0.39 is 0 Å². The van der Waals surface area contributed by atoms with Crippen LogP contribution in [0.1, 0.15) is 38.5 Å². The fourth-order valence-corrected chi connectivity index (χ4v) is 2.37. The van der Waals surface area contributed by atoms with Gasteiger partial charge in [-0.1, -0.05) is 25.7 Å². The van der Waals surface area contributed by atoms with Crippen LogP contribution < -0.4 is 10.6 Å². The number of thiocarbonyl (C=S) groups is 1. The quantitative estimate of drug-likeness (QED) is 0.624. The lowest BCUT2D eigenvalue weighted by atomic mass is 10.1. The minimum absolute atomic E-state index is 0.501. The fourth-order valence-electron chi connectivity index (χ4n) is 2.11. The molecule has 1 saturated carbocycles. The van der Waals surface area contributed by atoms with Gasteiger partial charge in [-0.25, -0.2) is 9.97 Å². The Morgan fingerprint density at radius 3 is 2.41 bits per heavy atom. The van der Waals surface area contributed by atoms with E-state index in [-0.39, 0.29) is 0 Å². The van der Waals surface area contributed by atoms with E-state index in [1.807, 2.05) is 0 Å². The molecule has 17 heavy (non-hydrogen) atoms. The summed E-state index contributed by atoms with van der Waals surface area (Å²) in [6, 6.07) is 2.29. The molecule has 0 amide bonds. The first-order valence-corrected chi connectivity index (χ1v) is 6.60. The van der Waals surface area contributed by atoms with E-state index in [0.717, 1.165) is 0 Å². The average molecular weight is 250 g/mol. The van der Waals surface area contributed by atoms with Crippen molar-refractivity contribution >= 4 is 23.3 Å². The summed E-state index contributed by atoms with van der Waals surface area (Å²) >= 11 is 5.26. The lowest BCUT2D eigenvalue weighted by Gasteiger charge is -2.18. The average Bonchev–Trinajstić information content (AvgIpc) is 2.59. The zero-order valence-corrected chi connectivity index (χ0v) is 10.7. The third-order valence-corrected chi connectivity index (χ3v) is 3.20. The third kappa shape index (κ3) is 4.26. The number of rotatable bonds is 2. The molecule has 2 N–H and O–H groups in total. The normalized spacial score (nSPS) is 17.2. The Hall–Kier alpha value is -1.23. The highest BCUT2D eigenvalue weighted by Crippen LogP contribution is 2.17. The van der Waals surface area contributed by atoms with Gasteiger partial charge >= 0.3 is 0 Å². The van der Waals surface area contributed by atoms with Gasteiger partial charge in [0.05, 0.1) is 0 Å². The van der Waals surface area contributed by atoms with Gasteiger partial charge in [-0.3, -0.25) is 0 Å². The Kier molecular flexibility index (Phi) is 4.67. The van der Waals surface area contributed by atoms with Crippen LogP contribution in [0.5, 0.6) is 0 Å². The second-order valence-electron chi connectivity index (χ2n) is 4.36. The first kappa shape index (κ1) is 12.2. The molecular formula is C12H18N4S. The molecule has 2 rings (SSSR count). The molecule has 0 atom stereocenters. The van der Waals surface area contributed by atoms with Crippen LogP contribution in [0.4, 0.5) is 5.95 Å². The first-order chi connectivity index (χ1) is 8.34.